The van der Waals surface area contributed by atoms with E-state index in [1.165, 1.54) is 23.0 Å². The molecule has 1 aliphatic heterocycles. The van der Waals surface area contributed by atoms with Crippen molar-refractivity contribution in [1.29, 1.82) is 0 Å². The molecule has 0 aliphatic carbocycles. The van der Waals surface area contributed by atoms with Gasteiger partial charge in [0.2, 0.25) is 5.91 Å². The lowest BCUT2D eigenvalue weighted by molar-refractivity contribution is -0.113. The number of hydrogen-bond acceptors (Lipinski definition) is 6. The van der Waals surface area contributed by atoms with Crippen LogP contribution in [0.1, 0.15) is 29.4 Å². The number of amides is 1. The third-order valence-electron chi connectivity index (χ3n) is 6.40. The van der Waals surface area contributed by atoms with Crippen molar-refractivity contribution in [3.63, 3.8) is 0 Å². The minimum absolute atomic E-state index is 0.0504. The predicted octanol–water partition coefficient (Wildman–Crippen LogP) is 4.37. The summed E-state index contributed by atoms with van der Waals surface area (Å²) in [5.41, 5.74) is 6.52. The minimum Gasteiger partial charge on any atom is -0.369 e. The fourth-order valence-corrected chi connectivity index (χ4v) is 5.09. The van der Waals surface area contributed by atoms with Crippen LogP contribution in [0.15, 0.2) is 41.6 Å². The van der Waals surface area contributed by atoms with Crippen LogP contribution in [-0.2, 0) is 4.79 Å². The van der Waals surface area contributed by atoms with Crippen molar-refractivity contribution in [1.82, 2.24) is 19.7 Å². The summed E-state index contributed by atoms with van der Waals surface area (Å²) in [4.78, 5) is 17.7. The lowest BCUT2D eigenvalue weighted by Gasteiger charge is -2.35. The second-order valence-corrected chi connectivity index (χ2v) is 9.86. The second kappa shape index (κ2) is 10.6. The maximum absolute atomic E-state index is 12.8. The quantitative estimate of drug-likeness (QED) is 0.509. The van der Waals surface area contributed by atoms with Gasteiger partial charge in [-0.2, -0.15) is 0 Å². The van der Waals surface area contributed by atoms with E-state index in [0.29, 0.717) is 0 Å². The Balaban J connectivity index is 1.39. The monoisotopic (exact) mass is 478 g/mol. The predicted molar refractivity (Wildman–Crippen MR) is 140 cm³/mol. The summed E-state index contributed by atoms with van der Waals surface area (Å²) in [7, 11) is 0. The first-order chi connectivity index (χ1) is 16.4. The van der Waals surface area contributed by atoms with E-state index in [2.05, 4.69) is 83.3 Å². The topological polar surface area (TPSA) is 66.3 Å². The normalized spacial score (nSPS) is 14.4. The van der Waals surface area contributed by atoms with Gasteiger partial charge in [-0.25, -0.2) is 0 Å². The molecule has 0 radical (unpaired) electrons. The molecule has 8 heteroatoms. The molecule has 180 valence electrons. The average molecular weight is 479 g/mol. The number of hydrogen-bond donors (Lipinski definition) is 1. The molecule has 7 nitrogen and oxygen atoms in total. The third kappa shape index (κ3) is 5.45. The molecule has 0 unspecified atom stereocenters. The summed E-state index contributed by atoms with van der Waals surface area (Å²) in [6.07, 6.45) is 0. The van der Waals surface area contributed by atoms with Crippen LogP contribution >= 0.6 is 11.8 Å². The summed E-state index contributed by atoms with van der Waals surface area (Å²) < 4.78 is 2.03. The van der Waals surface area contributed by atoms with Crippen molar-refractivity contribution in [3.8, 4) is 5.69 Å². The SMILES string of the molecule is CCN1CCN(c2ccc(NC(=O)CSc3nnc(C)n3-c3cc(C)ccc3C)c(C)c2)CC1. The molecule has 1 saturated heterocycles. The van der Waals surface area contributed by atoms with E-state index in [1.807, 2.05) is 17.6 Å². The summed E-state index contributed by atoms with van der Waals surface area (Å²) in [6, 6.07) is 12.6. The molecule has 1 fully saturated rings. The molecule has 3 aromatic rings. The second-order valence-electron chi connectivity index (χ2n) is 8.91. The fourth-order valence-electron chi connectivity index (χ4n) is 4.30. The first kappa shape index (κ1) is 24.3. The van der Waals surface area contributed by atoms with Crippen molar-refractivity contribution >= 4 is 29.0 Å². The van der Waals surface area contributed by atoms with Gasteiger partial charge in [-0.15, -0.1) is 10.2 Å². The zero-order valence-corrected chi connectivity index (χ0v) is 21.6. The number of benzene rings is 2. The van der Waals surface area contributed by atoms with Crippen LogP contribution in [0.3, 0.4) is 0 Å². The van der Waals surface area contributed by atoms with Crippen molar-refractivity contribution < 1.29 is 4.79 Å². The number of piperazine rings is 1. The first-order valence-corrected chi connectivity index (χ1v) is 12.8. The fraction of sp³-hybridized carbons (Fsp3) is 0.423. The lowest BCUT2D eigenvalue weighted by atomic mass is 10.1. The van der Waals surface area contributed by atoms with E-state index in [4.69, 9.17) is 0 Å². The molecule has 34 heavy (non-hydrogen) atoms. The first-order valence-electron chi connectivity index (χ1n) is 11.9. The van der Waals surface area contributed by atoms with Crippen LogP contribution in [0.2, 0.25) is 0 Å². The van der Waals surface area contributed by atoms with E-state index >= 15 is 0 Å². The summed E-state index contributed by atoms with van der Waals surface area (Å²) in [5, 5.41) is 12.4. The van der Waals surface area contributed by atoms with Gasteiger partial charge in [-0.05, 0) is 75.2 Å². The van der Waals surface area contributed by atoms with Crippen LogP contribution in [-0.4, -0.2) is 64.0 Å². The standard InChI is InChI=1S/C26H34N6OS/c1-6-30-11-13-31(14-12-30)22-9-10-23(20(4)16-22)27-25(33)17-34-26-29-28-21(5)32(26)24-15-18(2)7-8-19(24)3/h7-10,15-16H,6,11-14,17H2,1-5H3,(H,27,33). The number of carbonyl (C=O) groups is 1. The van der Waals surface area contributed by atoms with Gasteiger partial charge < -0.3 is 15.1 Å². The van der Waals surface area contributed by atoms with Crippen LogP contribution in [0.25, 0.3) is 5.69 Å². The third-order valence-corrected chi connectivity index (χ3v) is 7.33. The van der Waals surface area contributed by atoms with Gasteiger partial charge in [0.25, 0.3) is 0 Å². The number of aryl methyl sites for hydroxylation is 4. The van der Waals surface area contributed by atoms with Crippen molar-refractivity contribution in [3.05, 3.63) is 58.9 Å². The molecule has 1 N–H and O–H groups in total. The molecule has 4 rings (SSSR count). The molecule has 2 aromatic carbocycles. The van der Waals surface area contributed by atoms with E-state index in [-0.39, 0.29) is 11.7 Å². The number of carbonyl (C=O) groups excluding carboxylic acids is 1. The van der Waals surface area contributed by atoms with Crippen LogP contribution in [0.4, 0.5) is 11.4 Å². The number of rotatable bonds is 7. The van der Waals surface area contributed by atoms with Crippen molar-refractivity contribution in [2.24, 2.45) is 0 Å². The van der Waals surface area contributed by atoms with Crippen LogP contribution in [0.5, 0.6) is 0 Å². The Labute approximate surface area is 206 Å². The molecule has 1 aliphatic rings. The smallest absolute Gasteiger partial charge is 0.234 e. The highest BCUT2D eigenvalue weighted by Crippen LogP contribution is 2.26. The molecule has 2 heterocycles. The molecule has 1 aromatic heterocycles. The highest BCUT2D eigenvalue weighted by Gasteiger charge is 2.18. The summed E-state index contributed by atoms with van der Waals surface area (Å²) in [6.45, 7) is 15.7. The highest BCUT2D eigenvalue weighted by atomic mass is 32.2. The molecule has 0 saturated carbocycles. The van der Waals surface area contributed by atoms with Gasteiger partial charge in [0, 0.05) is 37.6 Å². The Morgan fingerprint density at radius 2 is 1.74 bits per heavy atom. The molecular weight excluding hydrogens is 444 g/mol. The van der Waals surface area contributed by atoms with Gasteiger partial charge in [0.15, 0.2) is 5.16 Å². The van der Waals surface area contributed by atoms with Gasteiger partial charge >= 0.3 is 0 Å². The number of anilines is 2. The molecular formula is C26H34N6OS. The number of thioether (sulfide) groups is 1. The summed E-state index contributed by atoms with van der Waals surface area (Å²) in [5.74, 6) is 1.02. The highest BCUT2D eigenvalue weighted by molar-refractivity contribution is 7.99. The van der Waals surface area contributed by atoms with Gasteiger partial charge in [0.05, 0.1) is 11.4 Å². The zero-order valence-electron chi connectivity index (χ0n) is 20.8. The van der Waals surface area contributed by atoms with E-state index < -0.39 is 0 Å². The number of nitrogens with zero attached hydrogens (tertiary/aromatic N) is 5. The number of aromatic nitrogens is 3. The van der Waals surface area contributed by atoms with E-state index in [9.17, 15) is 4.79 Å². The zero-order chi connectivity index (χ0) is 24.2. The lowest BCUT2D eigenvalue weighted by Crippen LogP contribution is -2.46. The molecule has 0 spiro atoms. The van der Waals surface area contributed by atoms with Crippen molar-refractivity contribution in [2.75, 3.05) is 48.7 Å². The Morgan fingerprint density at radius 3 is 2.44 bits per heavy atom. The van der Waals surface area contributed by atoms with Gasteiger partial charge in [-0.1, -0.05) is 30.8 Å². The molecule has 0 bridgehead atoms. The average Bonchev–Trinajstić information content (AvgIpc) is 3.20. The van der Waals surface area contributed by atoms with Crippen LogP contribution < -0.4 is 10.2 Å². The Hall–Kier alpha value is -2.84. The van der Waals surface area contributed by atoms with Gasteiger partial charge in [0.1, 0.15) is 5.82 Å². The van der Waals surface area contributed by atoms with Crippen LogP contribution in [0, 0.1) is 27.7 Å². The Morgan fingerprint density at radius 1 is 0.971 bits per heavy atom. The van der Waals surface area contributed by atoms with Crippen molar-refractivity contribution in [2.45, 2.75) is 39.8 Å². The number of likely N-dealkylation sites (N-methyl/N-ethyl adjacent to an activating group) is 1. The molecule has 0 atom stereocenters. The Kier molecular flexibility index (Phi) is 7.58. The minimum atomic E-state index is -0.0504. The largest absolute Gasteiger partial charge is 0.369 e. The number of nitrogens with one attached hydrogen (secondary N) is 1. The Bertz CT molecular complexity index is 1170. The molecule has 1 amide bonds. The maximum Gasteiger partial charge on any atom is 0.234 e. The summed E-state index contributed by atoms with van der Waals surface area (Å²) >= 11 is 1.40. The van der Waals surface area contributed by atoms with E-state index in [0.717, 1.165) is 66.2 Å². The van der Waals surface area contributed by atoms with E-state index in [1.54, 1.807) is 0 Å². The van der Waals surface area contributed by atoms with Gasteiger partial charge in [-0.3, -0.25) is 9.36 Å². The maximum atomic E-state index is 12.8.